The zero-order valence-electron chi connectivity index (χ0n) is 9.57. The van der Waals surface area contributed by atoms with Crippen LogP contribution in [0.3, 0.4) is 0 Å². The van der Waals surface area contributed by atoms with Gasteiger partial charge in [0.15, 0.2) is 5.44 Å². The molecular formula is C12H18O3S. The van der Waals surface area contributed by atoms with Gasteiger partial charge in [0, 0.05) is 0 Å². The molecule has 0 aromatic carbocycles. The predicted octanol–water partition coefficient (Wildman–Crippen LogP) is 2.24. The Labute approximate surface area is 100 Å². The lowest BCUT2D eigenvalue weighted by atomic mass is 9.79. The lowest BCUT2D eigenvalue weighted by Gasteiger charge is -2.31. The molecule has 1 aliphatic carbocycles. The van der Waals surface area contributed by atoms with E-state index in [-0.39, 0.29) is 11.4 Å². The minimum atomic E-state index is -0.918. The number of hydrogen-bond acceptors (Lipinski definition) is 4. The summed E-state index contributed by atoms with van der Waals surface area (Å²) in [6.07, 6.45) is 6.33. The molecule has 0 bridgehead atoms. The largest absolute Gasteiger partial charge is 0.443 e. The number of thioether (sulfide) groups is 1. The van der Waals surface area contributed by atoms with Gasteiger partial charge in [-0.2, -0.15) is 0 Å². The normalized spacial score (nSPS) is 28.8. The molecule has 4 heteroatoms. The van der Waals surface area contributed by atoms with Gasteiger partial charge in [-0.1, -0.05) is 26.2 Å². The molecule has 0 saturated heterocycles. The van der Waals surface area contributed by atoms with Crippen molar-refractivity contribution in [3.63, 3.8) is 0 Å². The molecule has 3 nitrogen and oxygen atoms in total. The Hall–Kier alpha value is -0.480. The molecule has 0 aromatic rings. The number of carbonyl (C=O) groups excluding carboxylic acids is 1. The highest BCUT2D eigenvalue weighted by Gasteiger charge is 2.41. The molecular weight excluding hydrogens is 224 g/mol. The highest BCUT2D eigenvalue weighted by molar-refractivity contribution is 7.99. The molecule has 0 radical (unpaired) electrons. The van der Waals surface area contributed by atoms with Gasteiger partial charge in [-0.3, -0.25) is 0 Å². The van der Waals surface area contributed by atoms with Gasteiger partial charge in [-0.05, 0) is 24.7 Å². The van der Waals surface area contributed by atoms with Gasteiger partial charge in [0.2, 0.25) is 0 Å². The summed E-state index contributed by atoms with van der Waals surface area (Å²) in [6, 6.07) is 0. The molecule has 1 atom stereocenters. The molecule has 1 N–H and O–H groups in total. The zero-order chi connectivity index (χ0) is 11.6. The Bertz CT molecular complexity index is 305. The molecule has 16 heavy (non-hydrogen) atoms. The number of aliphatic hydroxyl groups is 1. The second-order valence-corrected chi connectivity index (χ2v) is 5.78. The average molecular weight is 242 g/mol. The van der Waals surface area contributed by atoms with E-state index in [4.69, 9.17) is 4.74 Å². The monoisotopic (exact) mass is 242 g/mol. The van der Waals surface area contributed by atoms with E-state index in [1.54, 1.807) is 11.8 Å². The van der Waals surface area contributed by atoms with Crippen LogP contribution in [0.1, 0.15) is 39.0 Å². The first kappa shape index (κ1) is 12.0. The van der Waals surface area contributed by atoms with E-state index in [0.29, 0.717) is 18.4 Å². The van der Waals surface area contributed by atoms with E-state index in [0.717, 1.165) is 25.0 Å². The standard InChI is InChI=1S/C12H18O3S/c1-2-16-10-8-9(11(13)15-10)12(14)6-4-3-5-7-12/h8,10,14H,2-7H2,1H3. The van der Waals surface area contributed by atoms with Crippen molar-refractivity contribution >= 4 is 17.7 Å². The molecule has 2 rings (SSSR count). The third-order valence-electron chi connectivity index (χ3n) is 3.26. The van der Waals surface area contributed by atoms with E-state index in [1.807, 2.05) is 13.0 Å². The number of hydrogen-bond donors (Lipinski definition) is 1. The smallest absolute Gasteiger partial charge is 0.338 e. The molecule has 1 fully saturated rings. The van der Waals surface area contributed by atoms with Crippen molar-refractivity contribution in [1.82, 2.24) is 0 Å². The third-order valence-corrected chi connectivity index (χ3v) is 4.15. The maximum Gasteiger partial charge on any atom is 0.338 e. The van der Waals surface area contributed by atoms with E-state index < -0.39 is 5.60 Å². The SMILES string of the molecule is CCSC1C=C(C2(O)CCCCC2)C(=O)O1. The summed E-state index contributed by atoms with van der Waals surface area (Å²) >= 11 is 1.58. The summed E-state index contributed by atoms with van der Waals surface area (Å²) in [5, 5.41) is 10.4. The van der Waals surface area contributed by atoms with Crippen LogP contribution in [-0.2, 0) is 9.53 Å². The van der Waals surface area contributed by atoms with E-state index in [2.05, 4.69) is 0 Å². The van der Waals surface area contributed by atoms with Crippen molar-refractivity contribution in [1.29, 1.82) is 0 Å². The van der Waals surface area contributed by atoms with Gasteiger partial charge in [-0.15, -0.1) is 11.8 Å². The van der Waals surface area contributed by atoms with Gasteiger partial charge in [0.1, 0.15) is 0 Å². The molecule has 1 saturated carbocycles. The Balaban J connectivity index is 2.12. The Kier molecular flexibility index (Phi) is 3.60. The molecule has 0 spiro atoms. The van der Waals surface area contributed by atoms with Gasteiger partial charge >= 0.3 is 5.97 Å². The number of esters is 1. The molecule has 90 valence electrons. The summed E-state index contributed by atoms with van der Waals surface area (Å²) in [7, 11) is 0. The van der Waals surface area contributed by atoms with Crippen LogP contribution in [0.25, 0.3) is 0 Å². The van der Waals surface area contributed by atoms with Crippen molar-refractivity contribution in [3.05, 3.63) is 11.6 Å². The highest BCUT2D eigenvalue weighted by atomic mass is 32.2. The maximum atomic E-state index is 11.7. The fourth-order valence-corrected chi connectivity index (χ4v) is 3.12. The van der Waals surface area contributed by atoms with Gasteiger partial charge in [0.05, 0.1) is 11.2 Å². The summed E-state index contributed by atoms with van der Waals surface area (Å²) in [5.74, 6) is 0.579. The van der Waals surface area contributed by atoms with Crippen molar-refractivity contribution < 1.29 is 14.6 Å². The molecule has 2 aliphatic rings. The first-order valence-corrected chi connectivity index (χ1v) is 6.98. The lowest BCUT2D eigenvalue weighted by Crippen LogP contribution is -2.36. The van der Waals surface area contributed by atoms with Crippen LogP contribution < -0.4 is 0 Å². The second kappa shape index (κ2) is 4.80. The van der Waals surface area contributed by atoms with Crippen LogP contribution in [0.4, 0.5) is 0 Å². The van der Waals surface area contributed by atoms with Crippen molar-refractivity contribution in [2.24, 2.45) is 0 Å². The predicted molar refractivity (Wildman–Crippen MR) is 64.1 cm³/mol. The van der Waals surface area contributed by atoms with Crippen LogP contribution in [0, 0.1) is 0 Å². The van der Waals surface area contributed by atoms with Crippen molar-refractivity contribution in [3.8, 4) is 0 Å². The van der Waals surface area contributed by atoms with Gasteiger partial charge in [-0.25, -0.2) is 4.79 Å². The van der Waals surface area contributed by atoms with Crippen LogP contribution in [0.5, 0.6) is 0 Å². The van der Waals surface area contributed by atoms with Gasteiger partial charge in [0.25, 0.3) is 0 Å². The maximum absolute atomic E-state index is 11.7. The van der Waals surface area contributed by atoms with Crippen LogP contribution in [0.15, 0.2) is 11.6 Å². The average Bonchev–Trinajstić information content (AvgIpc) is 2.62. The summed E-state index contributed by atoms with van der Waals surface area (Å²) < 4.78 is 5.20. The quantitative estimate of drug-likeness (QED) is 0.771. The molecule has 0 amide bonds. The highest BCUT2D eigenvalue weighted by Crippen LogP contribution is 2.38. The van der Waals surface area contributed by atoms with Crippen LogP contribution >= 0.6 is 11.8 Å². The number of cyclic esters (lactones) is 1. The number of carbonyl (C=O) groups is 1. The molecule has 1 heterocycles. The summed E-state index contributed by atoms with van der Waals surface area (Å²) in [4.78, 5) is 11.7. The van der Waals surface area contributed by atoms with Gasteiger partial charge < -0.3 is 9.84 Å². The fraction of sp³-hybridized carbons (Fsp3) is 0.750. The minimum absolute atomic E-state index is 0.196. The summed E-state index contributed by atoms with van der Waals surface area (Å²) in [6.45, 7) is 2.03. The van der Waals surface area contributed by atoms with Crippen LogP contribution in [-0.4, -0.2) is 27.9 Å². The Morgan fingerprint density at radius 3 is 2.81 bits per heavy atom. The first-order valence-electron chi connectivity index (χ1n) is 5.93. The molecule has 1 unspecified atom stereocenters. The fourth-order valence-electron chi connectivity index (χ4n) is 2.40. The lowest BCUT2D eigenvalue weighted by molar-refractivity contribution is -0.139. The number of ether oxygens (including phenoxy) is 1. The van der Waals surface area contributed by atoms with Crippen molar-refractivity contribution in [2.45, 2.75) is 50.1 Å². The van der Waals surface area contributed by atoms with E-state index in [9.17, 15) is 9.90 Å². The zero-order valence-corrected chi connectivity index (χ0v) is 10.4. The van der Waals surface area contributed by atoms with Crippen LogP contribution in [0.2, 0.25) is 0 Å². The third kappa shape index (κ3) is 2.28. The number of rotatable bonds is 3. The molecule has 0 aromatic heterocycles. The summed E-state index contributed by atoms with van der Waals surface area (Å²) in [5.41, 5.74) is -0.616. The second-order valence-electron chi connectivity index (χ2n) is 4.40. The minimum Gasteiger partial charge on any atom is -0.443 e. The Morgan fingerprint density at radius 2 is 2.19 bits per heavy atom. The molecule has 1 aliphatic heterocycles. The Morgan fingerprint density at radius 1 is 1.50 bits per heavy atom. The van der Waals surface area contributed by atoms with E-state index >= 15 is 0 Å². The first-order chi connectivity index (χ1) is 7.65. The van der Waals surface area contributed by atoms with E-state index in [1.165, 1.54) is 0 Å². The van der Waals surface area contributed by atoms with Crippen molar-refractivity contribution in [2.75, 3.05) is 5.75 Å². The topological polar surface area (TPSA) is 46.5 Å².